The van der Waals surface area contributed by atoms with Crippen LogP contribution >= 0.6 is 0 Å². The highest BCUT2D eigenvalue weighted by Crippen LogP contribution is 2.26. The zero-order valence-electron chi connectivity index (χ0n) is 18.8. The van der Waals surface area contributed by atoms with Crippen LogP contribution in [0.1, 0.15) is 44.7 Å². The van der Waals surface area contributed by atoms with Gasteiger partial charge in [0.15, 0.2) is 0 Å². The Morgan fingerprint density at radius 2 is 1.87 bits per heavy atom. The lowest BCUT2D eigenvalue weighted by Crippen LogP contribution is -2.46. The van der Waals surface area contributed by atoms with Gasteiger partial charge in [0, 0.05) is 6.54 Å². The number of piperidine rings is 1. The number of nitrogens with zero attached hydrogens (tertiary/aromatic N) is 3. The van der Waals surface area contributed by atoms with Gasteiger partial charge in [0.1, 0.15) is 11.7 Å². The molecule has 164 valence electrons. The summed E-state index contributed by atoms with van der Waals surface area (Å²) in [6.07, 6.45) is 1.36. The number of aryl methyl sites for hydroxylation is 1. The zero-order chi connectivity index (χ0) is 22.0. The molecule has 1 fully saturated rings. The predicted molar refractivity (Wildman–Crippen MR) is 121 cm³/mol. The number of likely N-dealkylation sites (tertiary alicyclic amines) is 1. The Morgan fingerprint density at radius 1 is 1.13 bits per heavy atom. The van der Waals surface area contributed by atoms with Gasteiger partial charge in [-0.15, -0.1) is 0 Å². The van der Waals surface area contributed by atoms with Gasteiger partial charge in [-0.3, -0.25) is 4.57 Å². The third kappa shape index (κ3) is 5.01. The average molecular weight is 422 g/mol. The fourth-order valence-electron chi connectivity index (χ4n) is 3.93. The first kappa shape index (κ1) is 21.2. The second-order valence-corrected chi connectivity index (χ2v) is 9.20. The Balaban J connectivity index is 1.57. The van der Waals surface area contributed by atoms with Crippen LogP contribution in [0.25, 0.3) is 11.0 Å². The number of aromatic nitrogens is 2. The number of fused-ring (bicyclic) bond motifs is 1. The van der Waals surface area contributed by atoms with Gasteiger partial charge in [0.05, 0.1) is 24.1 Å². The Morgan fingerprint density at radius 3 is 2.65 bits per heavy atom. The quantitative estimate of drug-likeness (QED) is 0.583. The largest absolute Gasteiger partial charge is 0.459 e. The van der Waals surface area contributed by atoms with E-state index in [4.69, 9.17) is 14.5 Å². The molecule has 6 nitrogen and oxygen atoms in total. The van der Waals surface area contributed by atoms with Crippen LogP contribution in [0.15, 0.2) is 48.5 Å². The number of ether oxygens (including phenoxy) is 2. The van der Waals surface area contributed by atoms with Crippen LogP contribution in [0.2, 0.25) is 0 Å². The van der Waals surface area contributed by atoms with Crippen molar-refractivity contribution >= 4 is 17.1 Å². The van der Waals surface area contributed by atoms with Crippen LogP contribution in [-0.4, -0.2) is 45.3 Å². The van der Waals surface area contributed by atoms with Crippen molar-refractivity contribution in [3.05, 3.63) is 59.7 Å². The Kier molecular flexibility index (Phi) is 5.90. The molecular weight excluding hydrogens is 390 g/mol. The molecular formula is C25H31N3O3. The number of hydrogen-bond acceptors (Lipinski definition) is 4. The molecule has 1 amide bonds. The highest BCUT2D eigenvalue weighted by atomic mass is 16.6. The summed E-state index contributed by atoms with van der Waals surface area (Å²) in [5.74, 6) is 0. The number of imidazole rings is 1. The molecule has 0 saturated carbocycles. The van der Waals surface area contributed by atoms with Gasteiger partial charge >= 0.3 is 6.09 Å². The lowest BCUT2D eigenvalue weighted by molar-refractivity contribution is 0.00626. The van der Waals surface area contributed by atoms with E-state index in [0.29, 0.717) is 25.6 Å². The normalized spacial score (nSPS) is 17.0. The number of hydrogen-bond donors (Lipinski definition) is 0. The molecule has 1 atom stereocenters. The molecule has 0 unspecified atom stereocenters. The van der Waals surface area contributed by atoms with Crippen molar-refractivity contribution in [1.82, 2.24) is 14.5 Å². The highest BCUT2D eigenvalue weighted by molar-refractivity contribution is 5.76. The summed E-state index contributed by atoms with van der Waals surface area (Å²) < 4.78 is 14.1. The molecule has 0 spiro atoms. The molecule has 1 aromatic heterocycles. The van der Waals surface area contributed by atoms with Crippen molar-refractivity contribution < 1.29 is 14.3 Å². The molecule has 2 aromatic carbocycles. The van der Waals surface area contributed by atoms with Gasteiger partial charge in [-0.05, 0) is 63.8 Å². The van der Waals surface area contributed by atoms with E-state index in [2.05, 4.69) is 41.8 Å². The van der Waals surface area contributed by atoms with E-state index >= 15 is 0 Å². The van der Waals surface area contributed by atoms with E-state index in [1.807, 2.05) is 39.0 Å². The van der Waals surface area contributed by atoms with Crippen molar-refractivity contribution in [2.24, 2.45) is 0 Å². The van der Waals surface area contributed by atoms with E-state index in [9.17, 15) is 4.79 Å². The number of amides is 1. The SMILES string of the molecule is Cc1ccccc1Cn1c(O[C@@H]2CCCN(C(=O)OC(C)(C)C)C2)nc2ccccc21. The van der Waals surface area contributed by atoms with Gasteiger partial charge in [-0.1, -0.05) is 36.4 Å². The summed E-state index contributed by atoms with van der Waals surface area (Å²) in [5.41, 5.74) is 3.91. The van der Waals surface area contributed by atoms with Gasteiger partial charge in [0.2, 0.25) is 0 Å². The number of benzene rings is 2. The molecule has 0 aliphatic carbocycles. The molecule has 0 radical (unpaired) electrons. The molecule has 0 N–H and O–H groups in total. The Labute approximate surface area is 183 Å². The van der Waals surface area contributed by atoms with Crippen LogP contribution in [0.4, 0.5) is 4.79 Å². The van der Waals surface area contributed by atoms with Crippen LogP contribution < -0.4 is 4.74 Å². The minimum Gasteiger partial charge on any atom is -0.459 e. The van der Waals surface area contributed by atoms with Crippen LogP contribution in [0, 0.1) is 6.92 Å². The van der Waals surface area contributed by atoms with Crippen LogP contribution in [-0.2, 0) is 11.3 Å². The summed E-state index contributed by atoms with van der Waals surface area (Å²) in [7, 11) is 0. The molecule has 1 aliphatic heterocycles. The van der Waals surface area contributed by atoms with Crippen LogP contribution in [0.3, 0.4) is 0 Å². The molecule has 31 heavy (non-hydrogen) atoms. The maximum atomic E-state index is 12.5. The zero-order valence-corrected chi connectivity index (χ0v) is 18.8. The van der Waals surface area contributed by atoms with E-state index in [0.717, 1.165) is 23.9 Å². The molecule has 6 heteroatoms. The van der Waals surface area contributed by atoms with Gasteiger partial charge < -0.3 is 14.4 Å². The maximum absolute atomic E-state index is 12.5. The number of para-hydroxylation sites is 2. The van der Waals surface area contributed by atoms with Crippen molar-refractivity contribution in [2.75, 3.05) is 13.1 Å². The van der Waals surface area contributed by atoms with Crippen molar-refractivity contribution in [1.29, 1.82) is 0 Å². The Bertz CT molecular complexity index is 1070. The molecule has 3 aromatic rings. The standard InChI is InChI=1S/C25H31N3O3/c1-18-10-5-6-11-19(18)16-28-22-14-8-7-13-21(22)26-23(28)30-20-12-9-15-27(17-20)24(29)31-25(2,3)4/h5-8,10-11,13-14,20H,9,12,15-17H2,1-4H3/t20-/m1/s1. The molecule has 4 rings (SSSR count). The maximum Gasteiger partial charge on any atom is 0.410 e. The van der Waals surface area contributed by atoms with E-state index in [1.54, 1.807) is 4.90 Å². The van der Waals surface area contributed by atoms with Gasteiger partial charge in [-0.25, -0.2) is 4.79 Å². The van der Waals surface area contributed by atoms with Crippen LogP contribution in [0.5, 0.6) is 6.01 Å². The number of carbonyl (C=O) groups excluding carboxylic acids is 1. The van der Waals surface area contributed by atoms with Gasteiger partial charge in [0.25, 0.3) is 6.01 Å². The molecule has 0 bridgehead atoms. The summed E-state index contributed by atoms with van der Waals surface area (Å²) in [6, 6.07) is 17.0. The lowest BCUT2D eigenvalue weighted by Gasteiger charge is -2.34. The first-order chi connectivity index (χ1) is 14.8. The van der Waals surface area contributed by atoms with E-state index < -0.39 is 5.60 Å². The fraction of sp³-hybridized carbons (Fsp3) is 0.440. The summed E-state index contributed by atoms with van der Waals surface area (Å²) in [4.78, 5) is 19.0. The minimum atomic E-state index is -0.508. The highest BCUT2D eigenvalue weighted by Gasteiger charge is 2.29. The average Bonchev–Trinajstić information content (AvgIpc) is 3.06. The fourth-order valence-corrected chi connectivity index (χ4v) is 3.93. The smallest absolute Gasteiger partial charge is 0.410 e. The van der Waals surface area contributed by atoms with Crippen molar-refractivity contribution in [2.45, 2.75) is 58.8 Å². The topological polar surface area (TPSA) is 56.6 Å². The second-order valence-electron chi connectivity index (χ2n) is 9.20. The van der Waals surface area contributed by atoms with E-state index in [-0.39, 0.29) is 12.2 Å². The summed E-state index contributed by atoms with van der Waals surface area (Å²) in [6.45, 7) is 9.65. The van der Waals surface area contributed by atoms with Gasteiger partial charge in [-0.2, -0.15) is 4.98 Å². The first-order valence-corrected chi connectivity index (χ1v) is 10.9. The molecule has 2 heterocycles. The summed E-state index contributed by atoms with van der Waals surface area (Å²) in [5, 5.41) is 0. The van der Waals surface area contributed by atoms with E-state index in [1.165, 1.54) is 11.1 Å². The molecule has 1 saturated heterocycles. The third-order valence-electron chi connectivity index (χ3n) is 5.51. The lowest BCUT2D eigenvalue weighted by atomic mass is 10.1. The number of carbonyl (C=O) groups is 1. The minimum absolute atomic E-state index is 0.117. The monoisotopic (exact) mass is 421 g/mol. The molecule has 1 aliphatic rings. The van der Waals surface area contributed by atoms with Crippen molar-refractivity contribution in [3.63, 3.8) is 0 Å². The number of rotatable bonds is 4. The first-order valence-electron chi connectivity index (χ1n) is 10.9. The Hall–Kier alpha value is -3.02. The third-order valence-corrected chi connectivity index (χ3v) is 5.51. The summed E-state index contributed by atoms with van der Waals surface area (Å²) >= 11 is 0. The van der Waals surface area contributed by atoms with Crippen molar-refractivity contribution in [3.8, 4) is 6.01 Å². The predicted octanol–water partition coefficient (Wildman–Crippen LogP) is 5.17. The second kappa shape index (κ2) is 8.61.